The Morgan fingerprint density at radius 3 is 2.47 bits per heavy atom. The molecule has 2 heterocycles. The van der Waals surface area contributed by atoms with Crippen molar-refractivity contribution in [2.45, 2.75) is 25.6 Å². The van der Waals surface area contributed by atoms with Gasteiger partial charge in [-0.25, -0.2) is 4.39 Å². The SMILES string of the molecule is Cc1cc(N2CCC3(CC2)OCCO3)c(F)cc1Cl. The van der Waals surface area contributed by atoms with E-state index in [1.807, 2.05) is 17.9 Å². The van der Waals surface area contributed by atoms with Crippen LogP contribution in [0.5, 0.6) is 0 Å². The molecule has 0 bridgehead atoms. The minimum absolute atomic E-state index is 0.264. The Morgan fingerprint density at radius 2 is 1.84 bits per heavy atom. The lowest BCUT2D eigenvalue weighted by atomic mass is 10.0. The van der Waals surface area contributed by atoms with E-state index >= 15 is 0 Å². The van der Waals surface area contributed by atoms with Crippen molar-refractivity contribution in [3.8, 4) is 0 Å². The van der Waals surface area contributed by atoms with Gasteiger partial charge >= 0.3 is 0 Å². The molecule has 1 spiro atoms. The molecule has 1 aromatic carbocycles. The summed E-state index contributed by atoms with van der Waals surface area (Å²) in [6.07, 6.45) is 1.54. The summed E-state index contributed by atoms with van der Waals surface area (Å²) in [6, 6.07) is 3.20. The molecule has 3 nitrogen and oxygen atoms in total. The molecule has 2 aliphatic heterocycles. The van der Waals surface area contributed by atoms with Crippen molar-refractivity contribution >= 4 is 17.3 Å². The van der Waals surface area contributed by atoms with Gasteiger partial charge in [-0.15, -0.1) is 0 Å². The van der Waals surface area contributed by atoms with Gasteiger partial charge in [0.05, 0.1) is 18.9 Å². The van der Waals surface area contributed by atoms with Crippen LogP contribution in [0.15, 0.2) is 12.1 Å². The predicted molar refractivity (Wildman–Crippen MR) is 72.2 cm³/mol. The van der Waals surface area contributed by atoms with E-state index in [2.05, 4.69) is 0 Å². The highest BCUT2D eigenvalue weighted by Crippen LogP contribution is 2.35. The average molecular weight is 286 g/mol. The molecule has 0 radical (unpaired) electrons. The Kier molecular flexibility index (Phi) is 3.41. The molecule has 2 fully saturated rings. The van der Waals surface area contributed by atoms with Crippen LogP contribution in [-0.2, 0) is 9.47 Å². The number of anilines is 1. The number of rotatable bonds is 1. The zero-order valence-electron chi connectivity index (χ0n) is 10.9. The van der Waals surface area contributed by atoms with E-state index in [-0.39, 0.29) is 5.82 Å². The highest BCUT2D eigenvalue weighted by molar-refractivity contribution is 6.31. The van der Waals surface area contributed by atoms with E-state index in [9.17, 15) is 4.39 Å². The number of ether oxygens (including phenoxy) is 2. The summed E-state index contributed by atoms with van der Waals surface area (Å²) in [4.78, 5) is 2.04. The van der Waals surface area contributed by atoms with Crippen molar-refractivity contribution in [1.82, 2.24) is 0 Å². The Balaban J connectivity index is 1.76. The molecule has 0 N–H and O–H groups in total. The van der Waals surface area contributed by atoms with Gasteiger partial charge in [0, 0.05) is 31.0 Å². The third-order valence-corrected chi connectivity index (χ3v) is 4.31. The van der Waals surface area contributed by atoms with Crippen LogP contribution in [-0.4, -0.2) is 32.1 Å². The van der Waals surface area contributed by atoms with E-state index < -0.39 is 5.79 Å². The number of halogens is 2. The smallest absolute Gasteiger partial charge is 0.171 e. The fourth-order valence-electron chi connectivity index (χ4n) is 2.76. The van der Waals surface area contributed by atoms with E-state index in [0.717, 1.165) is 31.5 Å². The zero-order chi connectivity index (χ0) is 13.5. The van der Waals surface area contributed by atoms with Gasteiger partial charge in [0.2, 0.25) is 0 Å². The second kappa shape index (κ2) is 4.93. The fourth-order valence-corrected chi connectivity index (χ4v) is 2.91. The van der Waals surface area contributed by atoms with Gasteiger partial charge in [-0.3, -0.25) is 0 Å². The summed E-state index contributed by atoms with van der Waals surface area (Å²) in [5.74, 6) is -0.686. The molecular weight excluding hydrogens is 269 g/mol. The highest BCUT2D eigenvalue weighted by Gasteiger charge is 2.40. The third kappa shape index (κ3) is 2.45. The Labute approximate surface area is 117 Å². The molecule has 104 valence electrons. The number of benzene rings is 1. The molecule has 0 aromatic heterocycles. The van der Waals surface area contributed by atoms with Gasteiger partial charge in [0.1, 0.15) is 5.82 Å². The minimum atomic E-state index is -0.422. The van der Waals surface area contributed by atoms with Crippen molar-refractivity contribution in [3.63, 3.8) is 0 Å². The van der Waals surface area contributed by atoms with Gasteiger partial charge in [-0.1, -0.05) is 11.6 Å². The lowest BCUT2D eigenvalue weighted by molar-refractivity contribution is -0.169. The molecule has 0 aliphatic carbocycles. The second-order valence-electron chi connectivity index (χ2n) is 5.15. The summed E-state index contributed by atoms with van der Waals surface area (Å²) < 4.78 is 25.3. The standard InChI is InChI=1S/C14H17ClFNO2/c1-10-8-13(12(16)9-11(10)15)17-4-2-14(3-5-17)18-6-7-19-14/h8-9H,2-7H2,1H3. The monoisotopic (exact) mass is 285 g/mol. The van der Waals surface area contributed by atoms with Crippen LogP contribution in [0.2, 0.25) is 5.02 Å². The lowest BCUT2D eigenvalue weighted by Crippen LogP contribution is -2.45. The molecule has 0 saturated carbocycles. The van der Waals surface area contributed by atoms with E-state index in [4.69, 9.17) is 21.1 Å². The third-order valence-electron chi connectivity index (χ3n) is 3.91. The molecule has 2 saturated heterocycles. The largest absolute Gasteiger partial charge is 0.369 e. The number of piperidine rings is 1. The molecule has 2 aliphatic rings. The number of hydrogen-bond donors (Lipinski definition) is 0. The lowest BCUT2D eigenvalue weighted by Gasteiger charge is -2.38. The van der Waals surface area contributed by atoms with Crippen LogP contribution in [0.4, 0.5) is 10.1 Å². The molecular formula is C14H17ClFNO2. The van der Waals surface area contributed by atoms with Gasteiger partial charge in [0.15, 0.2) is 5.79 Å². The Hall–Kier alpha value is -0.840. The van der Waals surface area contributed by atoms with Crippen molar-refractivity contribution in [2.75, 3.05) is 31.2 Å². The Bertz CT molecular complexity index is 479. The summed E-state index contributed by atoms with van der Waals surface area (Å²) >= 11 is 5.92. The van der Waals surface area contributed by atoms with Crippen LogP contribution >= 0.6 is 11.6 Å². The van der Waals surface area contributed by atoms with Crippen molar-refractivity contribution in [3.05, 3.63) is 28.5 Å². The van der Waals surface area contributed by atoms with Gasteiger partial charge in [-0.05, 0) is 24.6 Å². The minimum Gasteiger partial charge on any atom is -0.369 e. The van der Waals surface area contributed by atoms with Gasteiger partial charge < -0.3 is 14.4 Å². The maximum atomic E-state index is 14.0. The fraction of sp³-hybridized carbons (Fsp3) is 0.571. The predicted octanol–water partition coefficient (Wildman–Crippen LogP) is 3.13. The van der Waals surface area contributed by atoms with Gasteiger partial charge in [0.25, 0.3) is 0 Å². The first-order valence-corrected chi connectivity index (χ1v) is 6.96. The number of nitrogens with zero attached hydrogens (tertiary/aromatic N) is 1. The maximum Gasteiger partial charge on any atom is 0.171 e. The van der Waals surface area contributed by atoms with Crippen LogP contribution in [0.25, 0.3) is 0 Å². The molecule has 0 atom stereocenters. The van der Waals surface area contributed by atoms with Crippen molar-refractivity contribution in [2.24, 2.45) is 0 Å². The van der Waals surface area contributed by atoms with Crippen LogP contribution < -0.4 is 4.90 Å². The molecule has 1 aromatic rings. The molecule has 0 unspecified atom stereocenters. The highest BCUT2D eigenvalue weighted by atomic mass is 35.5. The van der Waals surface area contributed by atoms with E-state index in [0.29, 0.717) is 23.9 Å². The van der Waals surface area contributed by atoms with Crippen molar-refractivity contribution in [1.29, 1.82) is 0 Å². The van der Waals surface area contributed by atoms with E-state index in [1.54, 1.807) is 0 Å². The molecule has 0 amide bonds. The summed E-state index contributed by atoms with van der Waals surface area (Å²) in [6.45, 7) is 4.68. The summed E-state index contributed by atoms with van der Waals surface area (Å²) in [5.41, 5.74) is 1.52. The van der Waals surface area contributed by atoms with Crippen molar-refractivity contribution < 1.29 is 13.9 Å². The first kappa shape index (κ1) is 13.2. The first-order chi connectivity index (χ1) is 9.10. The Morgan fingerprint density at radius 1 is 1.21 bits per heavy atom. The zero-order valence-corrected chi connectivity index (χ0v) is 11.7. The first-order valence-electron chi connectivity index (χ1n) is 6.58. The second-order valence-corrected chi connectivity index (χ2v) is 5.55. The summed E-state index contributed by atoms with van der Waals surface area (Å²) in [5, 5.41) is 0.470. The average Bonchev–Trinajstić information content (AvgIpc) is 2.84. The normalized spacial score (nSPS) is 22.2. The summed E-state index contributed by atoms with van der Waals surface area (Å²) in [7, 11) is 0. The number of hydrogen-bond acceptors (Lipinski definition) is 3. The van der Waals surface area contributed by atoms with Crippen LogP contribution in [0.3, 0.4) is 0 Å². The molecule has 5 heteroatoms. The number of aryl methyl sites for hydroxylation is 1. The quantitative estimate of drug-likeness (QED) is 0.791. The van der Waals surface area contributed by atoms with Crippen LogP contribution in [0, 0.1) is 12.7 Å². The van der Waals surface area contributed by atoms with Gasteiger partial charge in [-0.2, -0.15) is 0 Å². The van der Waals surface area contributed by atoms with Crippen LogP contribution in [0.1, 0.15) is 18.4 Å². The molecule has 19 heavy (non-hydrogen) atoms. The molecule has 3 rings (SSSR count). The van der Waals surface area contributed by atoms with E-state index in [1.165, 1.54) is 6.07 Å². The maximum absolute atomic E-state index is 14.0. The topological polar surface area (TPSA) is 21.7 Å².